The Morgan fingerprint density at radius 1 is 0.938 bits per heavy atom. The molecule has 0 spiro atoms. The van der Waals surface area contributed by atoms with Crippen molar-refractivity contribution in [2.75, 3.05) is 7.11 Å². The van der Waals surface area contributed by atoms with Crippen molar-refractivity contribution in [3.63, 3.8) is 0 Å². The fourth-order valence-corrected chi connectivity index (χ4v) is 3.24. The molecule has 0 bridgehead atoms. The molecular weight excluding hydrogens is 409 g/mol. The normalized spacial score (nSPS) is 10.6. The Bertz CT molecular complexity index is 1250. The Balaban J connectivity index is 1.46. The number of nitrogens with zero attached hydrogens (tertiary/aromatic N) is 2. The molecule has 160 valence electrons. The maximum atomic E-state index is 13.2. The van der Waals surface area contributed by atoms with Gasteiger partial charge < -0.3 is 10.1 Å². The van der Waals surface area contributed by atoms with Crippen molar-refractivity contribution in [2.24, 2.45) is 0 Å². The van der Waals surface area contributed by atoms with E-state index in [1.165, 1.54) is 24.3 Å². The summed E-state index contributed by atoms with van der Waals surface area (Å²) < 4.78 is 20.0. The lowest BCUT2D eigenvalue weighted by atomic mass is 9.98. The number of methoxy groups -OCH3 is 1. The molecule has 0 saturated carbocycles. The highest BCUT2D eigenvalue weighted by atomic mass is 19.1. The highest BCUT2D eigenvalue weighted by molar-refractivity contribution is 6.15. The van der Waals surface area contributed by atoms with Crippen LogP contribution in [0.1, 0.15) is 32.0 Å². The highest BCUT2D eigenvalue weighted by Gasteiger charge is 2.18. The lowest BCUT2D eigenvalue weighted by molar-refractivity contribution is 0.0939. The van der Waals surface area contributed by atoms with Crippen LogP contribution in [0.2, 0.25) is 0 Å². The molecule has 6 nitrogen and oxygen atoms in total. The first-order valence-corrected chi connectivity index (χ1v) is 9.91. The number of hydrogen-bond acceptors (Lipinski definition) is 4. The summed E-state index contributed by atoms with van der Waals surface area (Å²) in [5.41, 5.74) is 2.33. The van der Waals surface area contributed by atoms with E-state index in [2.05, 4.69) is 10.4 Å². The Morgan fingerprint density at radius 3 is 2.31 bits per heavy atom. The molecule has 4 rings (SSSR count). The van der Waals surface area contributed by atoms with E-state index < -0.39 is 11.7 Å². The van der Waals surface area contributed by atoms with Crippen LogP contribution >= 0.6 is 0 Å². The van der Waals surface area contributed by atoms with Crippen LogP contribution < -0.4 is 10.1 Å². The minimum Gasteiger partial charge on any atom is -0.497 e. The summed E-state index contributed by atoms with van der Waals surface area (Å²) in [6.07, 6.45) is 1.80. The number of carbonyl (C=O) groups excluding carboxylic acids is 2. The van der Waals surface area contributed by atoms with Gasteiger partial charge in [-0.15, -0.1) is 0 Å². The van der Waals surface area contributed by atoms with Crippen LogP contribution in [0, 0.1) is 5.82 Å². The predicted molar refractivity (Wildman–Crippen MR) is 118 cm³/mol. The van der Waals surface area contributed by atoms with E-state index in [0.717, 1.165) is 11.4 Å². The van der Waals surface area contributed by atoms with E-state index in [1.54, 1.807) is 48.3 Å². The van der Waals surface area contributed by atoms with E-state index in [1.807, 2.05) is 24.3 Å². The highest BCUT2D eigenvalue weighted by Crippen LogP contribution is 2.17. The largest absolute Gasteiger partial charge is 0.497 e. The summed E-state index contributed by atoms with van der Waals surface area (Å²) in [6, 6.07) is 21.0. The summed E-state index contributed by atoms with van der Waals surface area (Å²) in [7, 11) is 1.61. The quantitative estimate of drug-likeness (QED) is 0.448. The first-order chi connectivity index (χ1) is 15.5. The third-order valence-corrected chi connectivity index (χ3v) is 4.93. The standard InChI is InChI=1S/C25H20FN3O3/c1-32-21-12-10-20(11-13-21)29-15-14-19(28-29)16-27-25(31)23-5-3-2-4-22(23)24(30)17-6-8-18(26)9-7-17/h2-15H,16H2,1H3,(H,27,31). The molecule has 0 saturated heterocycles. The SMILES string of the molecule is COc1ccc(-n2ccc(CNC(=O)c3ccccc3C(=O)c3ccc(F)cc3)n2)cc1. The van der Waals surface area contributed by atoms with Gasteiger partial charge in [-0.25, -0.2) is 9.07 Å². The average Bonchev–Trinajstić information content (AvgIpc) is 3.32. The van der Waals surface area contributed by atoms with Crippen LogP contribution in [-0.4, -0.2) is 28.6 Å². The van der Waals surface area contributed by atoms with Gasteiger partial charge in [0.15, 0.2) is 5.78 Å². The van der Waals surface area contributed by atoms with Gasteiger partial charge in [0.25, 0.3) is 5.91 Å². The van der Waals surface area contributed by atoms with Crippen molar-refractivity contribution < 1.29 is 18.7 Å². The zero-order chi connectivity index (χ0) is 22.5. The van der Waals surface area contributed by atoms with Crippen molar-refractivity contribution in [2.45, 2.75) is 6.54 Å². The van der Waals surface area contributed by atoms with Gasteiger partial charge in [-0.05, 0) is 60.7 Å². The summed E-state index contributed by atoms with van der Waals surface area (Å²) in [5, 5.41) is 7.28. The fraction of sp³-hybridized carbons (Fsp3) is 0.0800. The molecule has 4 aromatic rings. The molecule has 0 radical (unpaired) electrons. The van der Waals surface area contributed by atoms with Crippen LogP contribution in [0.5, 0.6) is 5.75 Å². The number of ether oxygens (including phenoxy) is 1. The second kappa shape index (κ2) is 9.26. The zero-order valence-electron chi connectivity index (χ0n) is 17.3. The maximum absolute atomic E-state index is 13.2. The predicted octanol–water partition coefficient (Wildman–Crippen LogP) is 4.18. The minimum atomic E-state index is -0.429. The third kappa shape index (κ3) is 4.57. The smallest absolute Gasteiger partial charge is 0.252 e. The number of hydrogen-bond donors (Lipinski definition) is 1. The first kappa shape index (κ1) is 21.0. The molecule has 7 heteroatoms. The van der Waals surface area contributed by atoms with Gasteiger partial charge >= 0.3 is 0 Å². The van der Waals surface area contributed by atoms with Gasteiger partial charge in [0.2, 0.25) is 0 Å². The number of rotatable bonds is 7. The molecule has 32 heavy (non-hydrogen) atoms. The van der Waals surface area contributed by atoms with Crippen molar-refractivity contribution in [1.29, 1.82) is 0 Å². The third-order valence-electron chi connectivity index (χ3n) is 4.93. The summed E-state index contributed by atoms with van der Waals surface area (Å²) in [5.74, 6) is -0.418. The molecule has 0 fully saturated rings. The molecule has 0 aliphatic rings. The Kier molecular flexibility index (Phi) is 6.07. The number of carbonyl (C=O) groups is 2. The van der Waals surface area contributed by atoms with Crippen LogP contribution in [0.4, 0.5) is 4.39 Å². The topological polar surface area (TPSA) is 73.2 Å². The van der Waals surface area contributed by atoms with E-state index >= 15 is 0 Å². The van der Waals surface area contributed by atoms with Crippen LogP contribution in [0.15, 0.2) is 85.1 Å². The van der Waals surface area contributed by atoms with E-state index in [-0.39, 0.29) is 23.5 Å². The van der Waals surface area contributed by atoms with Gasteiger partial charge in [0.05, 0.1) is 30.6 Å². The number of amides is 1. The molecule has 0 aliphatic heterocycles. The summed E-state index contributed by atoms with van der Waals surface area (Å²) in [6.45, 7) is 0.195. The van der Waals surface area contributed by atoms with Gasteiger partial charge in [0, 0.05) is 17.3 Å². The molecule has 1 aromatic heterocycles. The lowest BCUT2D eigenvalue weighted by Crippen LogP contribution is -2.25. The number of aromatic nitrogens is 2. The molecule has 0 unspecified atom stereocenters. The Morgan fingerprint density at radius 2 is 1.62 bits per heavy atom. The van der Waals surface area contributed by atoms with E-state index in [4.69, 9.17) is 4.74 Å². The number of halogens is 1. The second-order valence-electron chi connectivity index (χ2n) is 7.01. The first-order valence-electron chi connectivity index (χ1n) is 9.91. The van der Waals surface area contributed by atoms with Crippen LogP contribution in [0.25, 0.3) is 5.69 Å². The Labute approximate surface area is 184 Å². The van der Waals surface area contributed by atoms with Gasteiger partial charge in [-0.1, -0.05) is 18.2 Å². The van der Waals surface area contributed by atoms with Gasteiger partial charge in [-0.3, -0.25) is 9.59 Å². The van der Waals surface area contributed by atoms with Crippen molar-refractivity contribution in [3.05, 3.63) is 113 Å². The summed E-state index contributed by atoms with van der Waals surface area (Å²) in [4.78, 5) is 25.6. The molecule has 1 amide bonds. The molecule has 0 atom stereocenters. The summed E-state index contributed by atoms with van der Waals surface area (Å²) >= 11 is 0. The van der Waals surface area contributed by atoms with Crippen LogP contribution in [-0.2, 0) is 6.54 Å². The average molecular weight is 429 g/mol. The number of ketones is 1. The van der Waals surface area contributed by atoms with E-state index in [9.17, 15) is 14.0 Å². The van der Waals surface area contributed by atoms with Gasteiger partial charge in [-0.2, -0.15) is 5.10 Å². The zero-order valence-corrected chi connectivity index (χ0v) is 17.3. The minimum absolute atomic E-state index is 0.195. The fourth-order valence-electron chi connectivity index (χ4n) is 3.24. The van der Waals surface area contributed by atoms with Crippen LogP contribution in [0.3, 0.4) is 0 Å². The molecule has 1 heterocycles. The Hall–Kier alpha value is -4.26. The second-order valence-corrected chi connectivity index (χ2v) is 7.01. The molecule has 3 aromatic carbocycles. The number of nitrogens with one attached hydrogen (secondary N) is 1. The molecule has 0 aliphatic carbocycles. The molecule has 1 N–H and O–H groups in total. The maximum Gasteiger partial charge on any atom is 0.252 e. The molecular formula is C25H20FN3O3. The van der Waals surface area contributed by atoms with Crippen molar-refractivity contribution >= 4 is 11.7 Å². The lowest BCUT2D eigenvalue weighted by Gasteiger charge is -2.09. The van der Waals surface area contributed by atoms with Gasteiger partial charge in [0.1, 0.15) is 11.6 Å². The van der Waals surface area contributed by atoms with Crippen molar-refractivity contribution in [1.82, 2.24) is 15.1 Å². The number of benzene rings is 3. The van der Waals surface area contributed by atoms with E-state index in [0.29, 0.717) is 11.3 Å². The van der Waals surface area contributed by atoms with Crippen molar-refractivity contribution in [3.8, 4) is 11.4 Å². The monoisotopic (exact) mass is 429 g/mol.